The van der Waals surface area contributed by atoms with Gasteiger partial charge in [-0.15, -0.1) is 0 Å². The van der Waals surface area contributed by atoms with E-state index in [4.69, 9.17) is 0 Å². The first kappa shape index (κ1) is 17.7. The smallest absolute Gasteiger partial charge is 0.254 e. The maximum Gasteiger partial charge on any atom is 0.254 e. The molecule has 26 heavy (non-hydrogen) atoms. The average Bonchev–Trinajstić information content (AvgIpc) is 2.67. The summed E-state index contributed by atoms with van der Waals surface area (Å²) < 4.78 is 0. The van der Waals surface area contributed by atoms with Gasteiger partial charge in [0.25, 0.3) is 5.91 Å². The number of rotatable bonds is 5. The van der Waals surface area contributed by atoms with Crippen molar-refractivity contribution in [2.75, 3.05) is 0 Å². The van der Waals surface area contributed by atoms with E-state index in [0.717, 1.165) is 17.5 Å². The van der Waals surface area contributed by atoms with Crippen LogP contribution in [0.2, 0.25) is 0 Å². The predicted molar refractivity (Wildman–Crippen MR) is 102 cm³/mol. The number of carbonyl (C=O) groups excluding carboxylic acids is 1. The Bertz CT molecular complexity index is 892. The first-order chi connectivity index (χ1) is 12.6. The average molecular weight is 346 g/mol. The lowest BCUT2D eigenvalue weighted by atomic mass is 9.97. The number of nitrogens with zero attached hydrogens (tertiary/aromatic N) is 3. The lowest BCUT2D eigenvalue weighted by molar-refractivity contribution is 0.0935. The van der Waals surface area contributed by atoms with E-state index in [2.05, 4.69) is 59.2 Å². The summed E-state index contributed by atoms with van der Waals surface area (Å²) in [4.78, 5) is 25.3. The van der Waals surface area contributed by atoms with E-state index < -0.39 is 0 Å². The molecule has 0 bridgehead atoms. The van der Waals surface area contributed by atoms with Gasteiger partial charge in [-0.1, -0.05) is 30.7 Å². The Kier molecular flexibility index (Phi) is 5.37. The van der Waals surface area contributed by atoms with Crippen LogP contribution < -0.4 is 5.32 Å². The van der Waals surface area contributed by atoms with Crippen LogP contribution in [0.3, 0.4) is 0 Å². The van der Waals surface area contributed by atoms with E-state index in [0.29, 0.717) is 11.4 Å². The topological polar surface area (TPSA) is 67.8 Å². The molecule has 0 fully saturated rings. The molecular weight excluding hydrogens is 324 g/mol. The molecule has 1 aromatic carbocycles. The van der Waals surface area contributed by atoms with Crippen molar-refractivity contribution in [1.29, 1.82) is 0 Å². The highest BCUT2D eigenvalue weighted by atomic mass is 16.1. The van der Waals surface area contributed by atoms with E-state index >= 15 is 0 Å². The second-order valence-corrected chi connectivity index (χ2v) is 6.33. The summed E-state index contributed by atoms with van der Waals surface area (Å²) in [5, 5.41) is 3.09. The molecule has 0 aliphatic heterocycles. The van der Waals surface area contributed by atoms with Crippen molar-refractivity contribution in [2.45, 2.75) is 33.2 Å². The third-order valence-electron chi connectivity index (χ3n) is 4.35. The minimum Gasteiger partial charge on any atom is -0.345 e. The second-order valence-electron chi connectivity index (χ2n) is 6.33. The molecule has 0 saturated heterocycles. The lowest BCUT2D eigenvalue weighted by Gasteiger charge is -2.20. The maximum absolute atomic E-state index is 12.6. The Hall–Kier alpha value is -3.08. The van der Waals surface area contributed by atoms with Crippen LogP contribution in [0.25, 0.3) is 11.4 Å². The van der Waals surface area contributed by atoms with Gasteiger partial charge < -0.3 is 5.32 Å². The first-order valence-corrected chi connectivity index (χ1v) is 8.69. The zero-order valence-corrected chi connectivity index (χ0v) is 15.2. The van der Waals surface area contributed by atoms with Crippen LogP contribution in [0, 0.1) is 13.8 Å². The molecule has 2 heterocycles. The van der Waals surface area contributed by atoms with Gasteiger partial charge in [0, 0.05) is 30.4 Å². The monoisotopic (exact) mass is 346 g/mol. The van der Waals surface area contributed by atoms with Crippen LogP contribution in [0.1, 0.15) is 46.4 Å². The van der Waals surface area contributed by atoms with Gasteiger partial charge in [0.05, 0.1) is 11.6 Å². The highest BCUT2D eigenvalue weighted by Gasteiger charge is 2.16. The predicted octanol–water partition coefficient (Wildman–Crippen LogP) is 4.04. The minimum absolute atomic E-state index is 0.0406. The summed E-state index contributed by atoms with van der Waals surface area (Å²) in [7, 11) is 0. The van der Waals surface area contributed by atoms with Gasteiger partial charge >= 0.3 is 0 Å². The SMILES string of the molecule is CC[C@H](NC(=O)c1cnc(-c2cccnc2)nc1)c1ccc(C)cc1C. The Morgan fingerprint density at radius 1 is 1.12 bits per heavy atom. The van der Waals surface area contributed by atoms with E-state index in [1.54, 1.807) is 24.8 Å². The van der Waals surface area contributed by atoms with Crippen LogP contribution in [0.4, 0.5) is 0 Å². The number of hydrogen-bond donors (Lipinski definition) is 1. The van der Waals surface area contributed by atoms with Crippen LogP contribution >= 0.6 is 0 Å². The summed E-state index contributed by atoms with van der Waals surface area (Å²) in [6, 6.07) is 9.96. The zero-order chi connectivity index (χ0) is 18.5. The molecule has 5 heteroatoms. The number of aryl methyl sites for hydroxylation is 2. The summed E-state index contributed by atoms with van der Waals surface area (Å²) in [6.07, 6.45) is 7.31. The molecule has 3 rings (SSSR count). The van der Waals surface area contributed by atoms with Gasteiger partial charge in [-0.2, -0.15) is 0 Å². The highest BCUT2D eigenvalue weighted by molar-refractivity contribution is 5.94. The molecule has 0 radical (unpaired) electrons. The summed E-state index contributed by atoms with van der Waals surface area (Å²) in [5.41, 5.74) is 4.80. The van der Waals surface area contributed by atoms with Crippen molar-refractivity contribution in [3.8, 4) is 11.4 Å². The quantitative estimate of drug-likeness (QED) is 0.757. The number of nitrogens with one attached hydrogen (secondary N) is 1. The number of amides is 1. The van der Waals surface area contributed by atoms with Gasteiger partial charge in [-0.25, -0.2) is 9.97 Å². The Balaban J connectivity index is 1.76. The molecule has 0 spiro atoms. The standard InChI is InChI=1S/C21H22N4O/c1-4-19(18-8-7-14(2)10-15(18)3)25-21(26)17-12-23-20(24-13-17)16-6-5-9-22-11-16/h5-13,19H,4H2,1-3H3,(H,25,26)/t19-/m0/s1. The maximum atomic E-state index is 12.6. The van der Waals surface area contributed by atoms with Crippen molar-refractivity contribution in [1.82, 2.24) is 20.3 Å². The second kappa shape index (κ2) is 7.87. The molecule has 1 N–H and O–H groups in total. The van der Waals surface area contributed by atoms with Gasteiger partial charge in [0.15, 0.2) is 5.82 Å². The Morgan fingerprint density at radius 3 is 2.50 bits per heavy atom. The third kappa shape index (κ3) is 3.94. The molecule has 3 aromatic rings. The fourth-order valence-electron chi connectivity index (χ4n) is 2.95. The molecule has 5 nitrogen and oxygen atoms in total. The van der Waals surface area contributed by atoms with Crippen LogP contribution in [-0.4, -0.2) is 20.9 Å². The summed E-state index contributed by atoms with van der Waals surface area (Å²) in [6.45, 7) is 6.20. The molecule has 0 aliphatic carbocycles. The molecule has 2 aromatic heterocycles. The lowest BCUT2D eigenvalue weighted by Crippen LogP contribution is -2.28. The molecule has 0 unspecified atom stereocenters. The first-order valence-electron chi connectivity index (χ1n) is 8.69. The van der Waals surface area contributed by atoms with Gasteiger partial charge in [0.2, 0.25) is 0 Å². The van der Waals surface area contributed by atoms with Gasteiger partial charge in [0.1, 0.15) is 0 Å². The van der Waals surface area contributed by atoms with Crippen molar-refractivity contribution in [3.63, 3.8) is 0 Å². The zero-order valence-electron chi connectivity index (χ0n) is 15.2. The van der Waals surface area contributed by atoms with Crippen molar-refractivity contribution >= 4 is 5.91 Å². The largest absolute Gasteiger partial charge is 0.345 e. The summed E-state index contributed by atoms with van der Waals surface area (Å²) in [5.74, 6) is 0.380. The minimum atomic E-state index is -0.172. The van der Waals surface area contributed by atoms with Gasteiger partial charge in [-0.3, -0.25) is 9.78 Å². The molecule has 0 saturated carbocycles. The number of hydrogen-bond acceptors (Lipinski definition) is 4. The number of pyridine rings is 1. The van der Waals surface area contributed by atoms with Gasteiger partial charge in [-0.05, 0) is 43.5 Å². The van der Waals surface area contributed by atoms with Crippen molar-refractivity contribution < 1.29 is 4.79 Å². The Morgan fingerprint density at radius 2 is 1.88 bits per heavy atom. The highest BCUT2D eigenvalue weighted by Crippen LogP contribution is 2.22. The molecular formula is C21H22N4O. The van der Waals surface area contributed by atoms with E-state index in [1.807, 2.05) is 12.1 Å². The van der Waals surface area contributed by atoms with E-state index in [9.17, 15) is 4.79 Å². The van der Waals surface area contributed by atoms with Crippen LogP contribution in [0.5, 0.6) is 0 Å². The Labute approximate surface area is 153 Å². The van der Waals surface area contributed by atoms with E-state index in [-0.39, 0.29) is 11.9 Å². The fourth-order valence-corrected chi connectivity index (χ4v) is 2.95. The molecule has 1 atom stereocenters. The van der Waals surface area contributed by atoms with Crippen molar-refractivity contribution in [3.05, 3.63) is 77.4 Å². The summed E-state index contributed by atoms with van der Waals surface area (Å²) >= 11 is 0. The molecule has 0 aliphatic rings. The normalized spacial score (nSPS) is 11.8. The number of benzene rings is 1. The molecule has 1 amide bonds. The van der Waals surface area contributed by atoms with Crippen LogP contribution in [-0.2, 0) is 0 Å². The fraction of sp³-hybridized carbons (Fsp3) is 0.238. The van der Waals surface area contributed by atoms with Crippen LogP contribution in [0.15, 0.2) is 55.1 Å². The van der Waals surface area contributed by atoms with E-state index in [1.165, 1.54) is 11.1 Å². The third-order valence-corrected chi connectivity index (χ3v) is 4.35. The number of aromatic nitrogens is 3. The van der Waals surface area contributed by atoms with Crippen molar-refractivity contribution in [2.24, 2.45) is 0 Å². The molecule has 132 valence electrons. The number of carbonyl (C=O) groups is 1.